The van der Waals surface area contributed by atoms with Crippen LogP contribution in [0, 0.1) is 33.5 Å². The molecule has 2 aliphatic rings. The van der Waals surface area contributed by atoms with E-state index in [-0.39, 0.29) is 22.6 Å². The molecule has 24 heavy (non-hydrogen) atoms. The van der Waals surface area contributed by atoms with E-state index in [1.807, 2.05) is 0 Å². The summed E-state index contributed by atoms with van der Waals surface area (Å²) < 4.78 is 0. The molecular weight excluding hydrogens is 298 g/mol. The maximum Gasteiger partial charge on any atom is 0.235 e. The lowest BCUT2D eigenvalue weighted by Crippen LogP contribution is -2.54. The van der Waals surface area contributed by atoms with Gasteiger partial charge in [0.05, 0.1) is 10.8 Å². The number of hydrogen-bond acceptors (Lipinski definition) is 2. The lowest BCUT2D eigenvalue weighted by atomic mass is 9.63. The zero-order chi connectivity index (χ0) is 18.7. The number of carbonyl (C=O) groups is 2. The average Bonchev–Trinajstić information content (AvgIpc) is 2.85. The molecule has 3 nitrogen and oxygen atoms in total. The van der Waals surface area contributed by atoms with E-state index in [0.29, 0.717) is 11.8 Å². The fourth-order valence-electron chi connectivity index (χ4n) is 5.06. The fraction of sp³-hybridized carbons (Fsp3) is 0.905. The maximum atomic E-state index is 13.4. The highest BCUT2D eigenvalue weighted by molar-refractivity contribution is 6.01. The number of nitrogens with zero attached hydrogens (tertiary/aromatic N) is 1. The van der Waals surface area contributed by atoms with E-state index in [1.54, 1.807) is 7.05 Å². The van der Waals surface area contributed by atoms with Crippen molar-refractivity contribution in [3.63, 3.8) is 0 Å². The third kappa shape index (κ3) is 2.29. The largest absolute Gasteiger partial charge is 0.285 e. The Morgan fingerprint density at radius 1 is 0.750 bits per heavy atom. The van der Waals surface area contributed by atoms with Crippen molar-refractivity contribution in [3.05, 3.63) is 0 Å². The fourth-order valence-corrected chi connectivity index (χ4v) is 5.06. The summed E-state index contributed by atoms with van der Waals surface area (Å²) in [6.07, 6.45) is 3.84. The van der Waals surface area contributed by atoms with Gasteiger partial charge in [-0.25, -0.2) is 0 Å². The van der Waals surface area contributed by atoms with Crippen LogP contribution >= 0.6 is 0 Å². The van der Waals surface area contributed by atoms with E-state index in [9.17, 15) is 9.59 Å². The zero-order valence-corrected chi connectivity index (χ0v) is 17.2. The second-order valence-electron chi connectivity index (χ2n) is 10.2. The molecular formula is C21H37NO2. The standard InChI is InChI=1S/C21H37NO2/c1-14-10-12-20(7,18(14,3)4)16(23)22(9)17(24)21(8)13-11-15(2)19(21,5)6/h14-15H,10-13H2,1-9H3/t14-,15+,20-,21-/m1/s1. The van der Waals surface area contributed by atoms with Gasteiger partial charge in [0.2, 0.25) is 11.8 Å². The summed E-state index contributed by atoms with van der Waals surface area (Å²) in [5.41, 5.74) is -1.08. The Morgan fingerprint density at radius 2 is 1.04 bits per heavy atom. The van der Waals surface area contributed by atoms with E-state index in [2.05, 4.69) is 55.4 Å². The lowest BCUT2D eigenvalue weighted by molar-refractivity contribution is -0.161. The molecule has 2 saturated carbocycles. The molecule has 3 heteroatoms. The van der Waals surface area contributed by atoms with Crippen LogP contribution in [0.25, 0.3) is 0 Å². The van der Waals surface area contributed by atoms with Gasteiger partial charge >= 0.3 is 0 Å². The van der Waals surface area contributed by atoms with Crippen LogP contribution in [-0.4, -0.2) is 23.8 Å². The Hall–Kier alpha value is -0.860. The lowest BCUT2D eigenvalue weighted by Gasteiger charge is -2.45. The first-order chi connectivity index (χ1) is 10.7. The average molecular weight is 336 g/mol. The van der Waals surface area contributed by atoms with Crippen LogP contribution in [0.1, 0.15) is 81.1 Å². The molecule has 0 spiro atoms. The molecule has 2 amide bonds. The predicted molar refractivity (Wildman–Crippen MR) is 98.3 cm³/mol. The predicted octanol–water partition coefficient (Wildman–Crippen LogP) is 4.90. The monoisotopic (exact) mass is 335 g/mol. The minimum absolute atomic E-state index is 0.0124. The Kier molecular flexibility index (Phi) is 4.52. The van der Waals surface area contributed by atoms with E-state index < -0.39 is 10.8 Å². The van der Waals surface area contributed by atoms with Crippen LogP contribution in [0.3, 0.4) is 0 Å². The number of hydrogen-bond donors (Lipinski definition) is 0. The molecule has 0 aromatic rings. The summed E-state index contributed by atoms with van der Waals surface area (Å²) in [7, 11) is 1.71. The van der Waals surface area contributed by atoms with Gasteiger partial charge in [-0.3, -0.25) is 14.5 Å². The Morgan fingerprint density at radius 3 is 1.25 bits per heavy atom. The normalized spacial score (nSPS) is 40.5. The molecule has 138 valence electrons. The summed E-state index contributed by atoms with van der Waals surface area (Å²) >= 11 is 0. The van der Waals surface area contributed by atoms with Crippen molar-refractivity contribution in [1.29, 1.82) is 0 Å². The van der Waals surface area contributed by atoms with Crippen LogP contribution in [0.4, 0.5) is 0 Å². The molecule has 0 N–H and O–H groups in total. The van der Waals surface area contributed by atoms with Gasteiger partial charge in [-0.15, -0.1) is 0 Å². The van der Waals surface area contributed by atoms with Crippen molar-refractivity contribution >= 4 is 11.8 Å². The second kappa shape index (κ2) is 5.57. The van der Waals surface area contributed by atoms with Crippen LogP contribution < -0.4 is 0 Å². The van der Waals surface area contributed by atoms with Gasteiger partial charge in [-0.05, 0) is 48.3 Å². The Balaban J connectivity index is 2.31. The maximum absolute atomic E-state index is 13.4. The van der Waals surface area contributed by atoms with Gasteiger partial charge in [-0.2, -0.15) is 0 Å². The molecule has 2 aliphatic carbocycles. The van der Waals surface area contributed by atoms with E-state index in [0.717, 1.165) is 25.7 Å². The highest BCUT2D eigenvalue weighted by Gasteiger charge is 2.59. The summed E-state index contributed by atoms with van der Waals surface area (Å²) in [4.78, 5) is 28.2. The first kappa shape index (κ1) is 19.5. The summed E-state index contributed by atoms with van der Waals surface area (Å²) in [6.45, 7) is 17.3. The van der Waals surface area contributed by atoms with Crippen LogP contribution in [0.2, 0.25) is 0 Å². The van der Waals surface area contributed by atoms with Crippen LogP contribution in [0.5, 0.6) is 0 Å². The SMILES string of the molecule is C[C@@H]1CC[C@](C)(C(=O)N(C)C(=O)[C@@]2(C)CC[C@H](C)C2(C)C)C1(C)C. The van der Waals surface area contributed by atoms with Gasteiger partial charge in [-0.1, -0.05) is 55.4 Å². The molecule has 0 aromatic carbocycles. The molecule has 0 heterocycles. The van der Waals surface area contributed by atoms with Gasteiger partial charge < -0.3 is 0 Å². The van der Waals surface area contributed by atoms with Crippen molar-refractivity contribution in [2.24, 2.45) is 33.5 Å². The van der Waals surface area contributed by atoms with Crippen molar-refractivity contribution in [3.8, 4) is 0 Å². The number of amides is 2. The van der Waals surface area contributed by atoms with Crippen molar-refractivity contribution in [1.82, 2.24) is 4.90 Å². The van der Waals surface area contributed by atoms with E-state index >= 15 is 0 Å². The topological polar surface area (TPSA) is 37.4 Å². The minimum Gasteiger partial charge on any atom is -0.285 e. The summed E-state index contributed by atoms with van der Waals surface area (Å²) in [5.74, 6) is 1.01. The van der Waals surface area contributed by atoms with Crippen LogP contribution in [0.15, 0.2) is 0 Å². The summed E-state index contributed by atoms with van der Waals surface area (Å²) in [5, 5.41) is 0. The van der Waals surface area contributed by atoms with Crippen LogP contribution in [-0.2, 0) is 9.59 Å². The molecule has 2 rings (SSSR count). The second-order valence-corrected chi connectivity index (χ2v) is 10.2. The van der Waals surface area contributed by atoms with Crippen molar-refractivity contribution in [2.45, 2.75) is 81.1 Å². The van der Waals surface area contributed by atoms with Gasteiger partial charge in [0, 0.05) is 7.05 Å². The highest BCUT2D eigenvalue weighted by Crippen LogP contribution is 2.59. The molecule has 0 bridgehead atoms. The summed E-state index contributed by atoms with van der Waals surface area (Å²) in [6, 6.07) is 0. The quantitative estimate of drug-likeness (QED) is 0.673. The number of carbonyl (C=O) groups excluding carboxylic acids is 2. The molecule has 4 atom stereocenters. The molecule has 0 saturated heterocycles. The van der Waals surface area contributed by atoms with E-state index in [1.165, 1.54) is 4.90 Å². The van der Waals surface area contributed by atoms with Gasteiger partial charge in [0.15, 0.2) is 0 Å². The van der Waals surface area contributed by atoms with E-state index in [4.69, 9.17) is 0 Å². The molecule has 0 aromatic heterocycles. The smallest absolute Gasteiger partial charge is 0.235 e. The zero-order valence-electron chi connectivity index (χ0n) is 17.2. The number of rotatable bonds is 2. The first-order valence-corrected chi connectivity index (χ1v) is 9.56. The third-order valence-electron chi connectivity index (χ3n) is 9.02. The minimum atomic E-state index is -0.457. The van der Waals surface area contributed by atoms with Crippen molar-refractivity contribution < 1.29 is 9.59 Å². The molecule has 2 fully saturated rings. The van der Waals surface area contributed by atoms with Gasteiger partial charge in [0.25, 0.3) is 0 Å². The van der Waals surface area contributed by atoms with Gasteiger partial charge in [0.1, 0.15) is 0 Å². The third-order valence-corrected chi connectivity index (χ3v) is 9.02. The Bertz CT molecular complexity index is 502. The molecule has 0 radical (unpaired) electrons. The van der Waals surface area contributed by atoms with Crippen molar-refractivity contribution in [2.75, 3.05) is 7.05 Å². The molecule has 0 unspecified atom stereocenters. The molecule has 0 aliphatic heterocycles. The highest BCUT2D eigenvalue weighted by atomic mass is 16.2. The first-order valence-electron chi connectivity index (χ1n) is 9.56. The Labute approximate surface area is 148 Å². The number of imide groups is 1.